The number of amides is 1. The molecule has 0 saturated heterocycles. The average Bonchev–Trinajstić information content (AvgIpc) is 2.71. The quantitative estimate of drug-likeness (QED) is 0.535. The zero-order valence-corrected chi connectivity index (χ0v) is 22.1. The lowest BCUT2D eigenvalue weighted by molar-refractivity contribution is -0.117. The molecule has 0 saturated carbocycles. The highest BCUT2D eigenvalue weighted by molar-refractivity contribution is 6.99. The first-order valence-corrected chi connectivity index (χ1v) is 13.5. The molecule has 2 aromatic carbocycles. The van der Waals surface area contributed by atoms with Gasteiger partial charge < -0.3 is 19.3 Å². The Bertz CT molecular complexity index is 862. The lowest BCUT2D eigenvalue weighted by Crippen LogP contribution is -2.67. The first-order valence-electron chi connectivity index (χ1n) is 11.6. The third-order valence-electron chi connectivity index (χ3n) is 5.48. The van der Waals surface area contributed by atoms with E-state index in [0.717, 1.165) is 0 Å². The number of benzene rings is 2. The summed E-state index contributed by atoms with van der Waals surface area (Å²) in [4.78, 5) is 24.2. The molecule has 0 aliphatic heterocycles. The topological polar surface area (TPSA) is 64.6 Å². The van der Waals surface area contributed by atoms with E-state index in [2.05, 4.69) is 50.4 Å². The molecule has 0 heterocycles. The van der Waals surface area contributed by atoms with Crippen molar-refractivity contribution >= 4 is 30.6 Å². The molecule has 0 aromatic heterocycles. The number of rotatable bonds is 9. The second kappa shape index (κ2) is 11.1. The number of carbonyl (C=O) groups excluding carboxylic acids is 2. The molecule has 33 heavy (non-hydrogen) atoms. The van der Waals surface area contributed by atoms with Crippen molar-refractivity contribution in [2.24, 2.45) is 0 Å². The number of alkyl carbamates (subject to hydrolysis) is 1. The summed E-state index contributed by atoms with van der Waals surface area (Å²) >= 11 is 0. The Morgan fingerprint density at radius 3 is 1.76 bits per heavy atom. The first kappa shape index (κ1) is 26.8. The Kier molecular flexibility index (Phi) is 9.03. The van der Waals surface area contributed by atoms with Gasteiger partial charge in [0.1, 0.15) is 11.4 Å². The lowest BCUT2D eigenvalue weighted by atomic mass is 10.1. The maximum absolute atomic E-state index is 12.5. The van der Waals surface area contributed by atoms with Crippen molar-refractivity contribution in [3.63, 3.8) is 0 Å². The van der Waals surface area contributed by atoms with Gasteiger partial charge in [-0.1, -0.05) is 81.4 Å². The normalized spacial score (nSPS) is 13.3. The van der Waals surface area contributed by atoms with E-state index in [1.165, 1.54) is 10.4 Å². The number of hydrogen-bond acceptors (Lipinski definition) is 4. The van der Waals surface area contributed by atoms with Gasteiger partial charge in [-0.05, 0) is 49.5 Å². The zero-order chi connectivity index (χ0) is 24.7. The molecule has 6 heteroatoms. The smallest absolute Gasteiger partial charge is 0.407 e. The Labute approximate surface area is 200 Å². The molecule has 5 nitrogen and oxygen atoms in total. The average molecular weight is 470 g/mol. The highest BCUT2D eigenvalue weighted by Crippen LogP contribution is 2.36. The van der Waals surface area contributed by atoms with E-state index in [0.29, 0.717) is 19.4 Å². The molecule has 0 aliphatic rings. The number of ketones is 1. The van der Waals surface area contributed by atoms with E-state index >= 15 is 0 Å². The maximum atomic E-state index is 12.5. The van der Waals surface area contributed by atoms with Crippen LogP contribution in [0.4, 0.5) is 4.79 Å². The van der Waals surface area contributed by atoms with Crippen LogP contribution < -0.4 is 15.7 Å². The van der Waals surface area contributed by atoms with Gasteiger partial charge in [0.05, 0.1) is 12.6 Å². The fourth-order valence-corrected chi connectivity index (χ4v) is 8.64. The third kappa shape index (κ3) is 7.54. The summed E-state index contributed by atoms with van der Waals surface area (Å²) in [5.41, 5.74) is -0.603. The summed E-state index contributed by atoms with van der Waals surface area (Å²) in [5, 5.41) is 5.11. The third-order valence-corrected chi connectivity index (χ3v) is 10.5. The van der Waals surface area contributed by atoms with E-state index in [4.69, 9.17) is 9.16 Å². The van der Waals surface area contributed by atoms with Gasteiger partial charge in [0.2, 0.25) is 0 Å². The van der Waals surface area contributed by atoms with E-state index in [1.54, 1.807) is 6.92 Å². The maximum Gasteiger partial charge on any atom is 0.407 e. The highest BCUT2D eigenvalue weighted by Gasteiger charge is 2.50. The Hall–Kier alpha value is -2.44. The van der Waals surface area contributed by atoms with Gasteiger partial charge in [0.25, 0.3) is 8.32 Å². The number of carbonyl (C=O) groups is 2. The molecule has 2 rings (SSSR count). The van der Waals surface area contributed by atoms with Crippen LogP contribution in [-0.4, -0.2) is 38.4 Å². The molecule has 1 unspecified atom stereocenters. The Morgan fingerprint density at radius 2 is 1.36 bits per heavy atom. The Morgan fingerprint density at radius 1 is 0.879 bits per heavy atom. The molecular formula is C27H39NO4Si. The molecule has 0 radical (unpaired) electrons. The van der Waals surface area contributed by atoms with Crippen molar-refractivity contribution in [1.29, 1.82) is 0 Å². The molecule has 1 N–H and O–H groups in total. The molecule has 1 atom stereocenters. The van der Waals surface area contributed by atoms with Crippen molar-refractivity contribution in [3.8, 4) is 0 Å². The Balaban J connectivity index is 2.42. The predicted octanol–water partition coefficient (Wildman–Crippen LogP) is 4.83. The zero-order valence-electron chi connectivity index (χ0n) is 21.1. The molecular weight excluding hydrogens is 430 g/mol. The van der Waals surface area contributed by atoms with Gasteiger partial charge in [-0.3, -0.25) is 0 Å². The van der Waals surface area contributed by atoms with Gasteiger partial charge >= 0.3 is 6.09 Å². The standard InChI is InChI=1S/C27H39NO4Si/c1-21(29)18-19-22(28-25(30)32-26(2,3)4)20-31-33(27(5,6)7,23-14-10-8-11-15-23)24-16-12-9-13-17-24/h8-17,22H,18-20H2,1-7H3,(H,28,30). The SMILES string of the molecule is CC(=O)CCC(CO[Si](c1ccccc1)(c1ccccc1)C(C)(C)C)NC(=O)OC(C)(C)C. The summed E-state index contributed by atoms with van der Waals surface area (Å²) in [6.45, 7) is 14.0. The van der Waals surface area contributed by atoms with Gasteiger partial charge in [-0.2, -0.15) is 0 Å². The summed E-state index contributed by atoms with van der Waals surface area (Å²) < 4.78 is 12.4. The second-order valence-corrected chi connectivity index (χ2v) is 14.9. The molecule has 1 amide bonds. The molecule has 0 fully saturated rings. The summed E-state index contributed by atoms with van der Waals surface area (Å²) in [6, 6.07) is 20.4. The number of ether oxygens (including phenoxy) is 1. The second-order valence-electron chi connectivity index (χ2n) is 10.6. The molecule has 0 bridgehead atoms. The van der Waals surface area contributed by atoms with Gasteiger partial charge in [0, 0.05) is 6.42 Å². The van der Waals surface area contributed by atoms with E-state index in [1.807, 2.05) is 57.2 Å². The van der Waals surface area contributed by atoms with Crippen molar-refractivity contribution < 1.29 is 18.8 Å². The van der Waals surface area contributed by atoms with Gasteiger partial charge in [-0.25, -0.2) is 4.79 Å². The highest BCUT2D eigenvalue weighted by atomic mass is 28.4. The largest absolute Gasteiger partial charge is 0.444 e. The van der Waals surface area contributed by atoms with Crippen LogP contribution in [0.25, 0.3) is 0 Å². The van der Waals surface area contributed by atoms with Crippen LogP contribution in [0.5, 0.6) is 0 Å². The van der Waals surface area contributed by atoms with Crippen molar-refractivity contribution in [2.45, 2.75) is 78.0 Å². The van der Waals surface area contributed by atoms with Gasteiger partial charge in [0.15, 0.2) is 0 Å². The van der Waals surface area contributed by atoms with Crippen LogP contribution in [0, 0.1) is 0 Å². The van der Waals surface area contributed by atoms with Gasteiger partial charge in [-0.15, -0.1) is 0 Å². The molecule has 0 spiro atoms. The molecule has 0 aliphatic carbocycles. The fourth-order valence-electron chi connectivity index (χ4n) is 4.04. The van der Waals surface area contributed by atoms with E-state index < -0.39 is 20.0 Å². The fraction of sp³-hybridized carbons (Fsp3) is 0.481. The van der Waals surface area contributed by atoms with E-state index in [-0.39, 0.29) is 16.9 Å². The van der Waals surface area contributed by atoms with Crippen LogP contribution in [0.3, 0.4) is 0 Å². The van der Waals surface area contributed by atoms with E-state index in [9.17, 15) is 9.59 Å². The van der Waals surface area contributed by atoms with Crippen LogP contribution >= 0.6 is 0 Å². The predicted molar refractivity (Wildman–Crippen MR) is 137 cm³/mol. The minimum absolute atomic E-state index is 0.0800. The first-order chi connectivity index (χ1) is 15.3. The summed E-state index contributed by atoms with van der Waals surface area (Å²) in [7, 11) is -2.74. The molecule has 180 valence electrons. The molecule has 2 aromatic rings. The number of nitrogens with one attached hydrogen (secondary N) is 1. The minimum Gasteiger partial charge on any atom is -0.444 e. The minimum atomic E-state index is -2.74. The van der Waals surface area contributed by atoms with Crippen molar-refractivity contribution in [1.82, 2.24) is 5.32 Å². The summed E-state index contributed by atoms with van der Waals surface area (Å²) in [5.74, 6) is 0.0800. The lowest BCUT2D eigenvalue weighted by Gasteiger charge is -2.43. The van der Waals surface area contributed by atoms with Crippen molar-refractivity contribution in [3.05, 3.63) is 60.7 Å². The monoisotopic (exact) mass is 469 g/mol. The van der Waals surface area contributed by atoms with Crippen molar-refractivity contribution in [2.75, 3.05) is 6.61 Å². The van der Waals surface area contributed by atoms with Crippen LogP contribution in [0.2, 0.25) is 5.04 Å². The van der Waals surface area contributed by atoms with Crippen LogP contribution in [-0.2, 0) is 14.0 Å². The number of hydrogen-bond donors (Lipinski definition) is 1. The summed E-state index contributed by atoms with van der Waals surface area (Å²) in [6.07, 6.45) is 0.360. The number of Topliss-reactive ketones (excluding diaryl/α,β-unsaturated/α-hetero) is 1. The van der Waals surface area contributed by atoms with Crippen LogP contribution in [0.15, 0.2) is 60.7 Å². The van der Waals surface area contributed by atoms with Crippen LogP contribution in [0.1, 0.15) is 61.3 Å².